The summed E-state index contributed by atoms with van der Waals surface area (Å²) in [5, 5.41) is 21.0. The topological polar surface area (TPSA) is 113 Å². The number of hydrogen-bond acceptors (Lipinski definition) is 6. The number of urea groups is 1. The fourth-order valence-electron chi connectivity index (χ4n) is 4.63. The van der Waals surface area contributed by atoms with E-state index in [9.17, 15) is 14.7 Å². The molecule has 3 atom stereocenters. The van der Waals surface area contributed by atoms with Crippen LogP contribution in [0.3, 0.4) is 0 Å². The molecule has 1 aliphatic carbocycles. The standard InChI is InChI=1S/C23H40N6O4/c1-17-13-28(18(2)15-30)22(31)10-7-11-29-20(12-24-26-29)16-33-21(17)14-27(3)23(32)25-19-8-5-4-6-9-19/h12,17-19,21,30H,4-11,13-16H2,1-3H3,(H,25,32)/t17-,18-,21+/m1/s1. The number of aryl methyl sites for hydroxylation is 1. The molecule has 0 unspecified atom stereocenters. The van der Waals surface area contributed by atoms with Gasteiger partial charge in [-0.25, -0.2) is 9.48 Å². The molecule has 186 valence electrons. The van der Waals surface area contributed by atoms with E-state index >= 15 is 0 Å². The fraction of sp³-hybridized carbons (Fsp3) is 0.826. The van der Waals surface area contributed by atoms with Crippen molar-refractivity contribution >= 4 is 11.9 Å². The van der Waals surface area contributed by atoms with Gasteiger partial charge in [-0.05, 0) is 26.2 Å². The van der Waals surface area contributed by atoms with Gasteiger partial charge in [0, 0.05) is 45.1 Å². The lowest BCUT2D eigenvalue weighted by Gasteiger charge is -2.36. The Bertz CT molecular complexity index is 766. The van der Waals surface area contributed by atoms with Gasteiger partial charge in [-0.2, -0.15) is 0 Å². The summed E-state index contributed by atoms with van der Waals surface area (Å²) >= 11 is 0. The van der Waals surface area contributed by atoms with Gasteiger partial charge in [0.15, 0.2) is 0 Å². The van der Waals surface area contributed by atoms with Crippen molar-refractivity contribution in [2.75, 3.05) is 26.7 Å². The molecule has 3 rings (SSSR count). The predicted molar refractivity (Wildman–Crippen MR) is 123 cm³/mol. The van der Waals surface area contributed by atoms with Crippen LogP contribution in [0, 0.1) is 5.92 Å². The Morgan fingerprint density at radius 2 is 2.09 bits per heavy atom. The number of aliphatic hydroxyl groups excluding tert-OH is 1. The molecule has 0 radical (unpaired) electrons. The van der Waals surface area contributed by atoms with Gasteiger partial charge in [-0.15, -0.1) is 5.10 Å². The Hall–Kier alpha value is -2.20. The Morgan fingerprint density at radius 3 is 2.82 bits per heavy atom. The molecule has 0 saturated heterocycles. The first-order chi connectivity index (χ1) is 15.9. The third-order valence-electron chi connectivity index (χ3n) is 6.87. The average molecular weight is 465 g/mol. The van der Waals surface area contributed by atoms with Crippen LogP contribution in [0.2, 0.25) is 0 Å². The molecule has 33 heavy (non-hydrogen) atoms. The van der Waals surface area contributed by atoms with Crippen LogP contribution in [-0.4, -0.2) is 86.8 Å². The molecular weight excluding hydrogens is 424 g/mol. The number of nitrogens with one attached hydrogen (secondary N) is 1. The second-order valence-corrected chi connectivity index (χ2v) is 9.62. The zero-order chi connectivity index (χ0) is 23.8. The molecule has 2 aliphatic rings. The summed E-state index contributed by atoms with van der Waals surface area (Å²) in [6.07, 6.45) is 8.04. The largest absolute Gasteiger partial charge is 0.394 e. The van der Waals surface area contributed by atoms with Crippen molar-refractivity contribution in [1.29, 1.82) is 0 Å². The molecule has 1 aromatic heterocycles. The van der Waals surface area contributed by atoms with E-state index in [-0.39, 0.29) is 42.7 Å². The number of fused-ring (bicyclic) bond motifs is 1. The fourth-order valence-corrected chi connectivity index (χ4v) is 4.63. The van der Waals surface area contributed by atoms with Crippen molar-refractivity contribution in [2.24, 2.45) is 5.92 Å². The van der Waals surface area contributed by atoms with Gasteiger partial charge >= 0.3 is 6.03 Å². The molecular formula is C23H40N6O4. The van der Waals surface area contributed by atoms with E-state index in [0.29, 0.717) is 39.1 Å². The van der Waals surface area contributed by atoms with E-state index in [2.05, 4.69) is 15.6 Å². The van der Waals surface area contributed by atoms with Crippen LogP contribution in [0.4, 0.5) is 4.79 Å². The van der Waals surface area contributed by atoms with Gasteiger partial charge in [-0.1, -0.05) is 31.4 Å². The molecule has 10 nitrogen and oxygen atoms in total. The number of ether oxygens (including phenoxy) is 1. The minimum atomic E-state index is -0.295. The molecule has 0 bridgehead atoms. The van der Waals surface area contributed by atoms with Crippen molar-refractivity contribution in [1.82, 2.24) is 30.1 Å². The SMILES string of the molecule is C[C@@H]1CN([C@H](C)CO)C(=O)CCCn2nncc2CO[C@H]1CN(C)C(=O)NC1CCCCC1. The molecule has 0 spiro atoms. The van der Waals surface area contributed by atoms with Gasteiger partial charge in [0.05, 0.1) is 37.3 Å². The van der Waals surface area contributed by atoms with Crippen molar-refractivity contribution in [3.8, 4) is 0 Å². The maximum absolute atomic E-state index is 12.9. The maximum atomic E-state index is 12.9. The van der Waals surface area contributed by atoms with E-state index in [1.807, 2.05) is 13.8 Å². The van der Waals surface area contributed by atoms with E-state index in [0.717, 1.165) is 31.4 Å². The van der Waals surface area contributed by atoms with Crippen LogP contribution >= 0.6 is 0 Å². The molecule has 1 saturated carbocycles. The number of aromatic nitrogens is 3. The first-order valence-electron chi connectivity index (χ1n) is 12.3. The lowest BCUT2D eigenvalue weighted by atomic mass is 9.96. The highest BCUT2D eigenvalue weighted by Gasteiger charge is 2.29. The van der Waals surface area contributed by atoms with Crippen LogP contribution in [0.5, 0.6) is 0 Å². The first-order valence-corrected chi connectivity index (χ1v) is 12.3. The second-order valence-electron chi connectivity index (χ2n) is 9.62. The lowest BCUT2D eigenvalue weighted by Crippen LogP contribution is -2.50. The highest BCUT2D eigenvalue weighted by molar-refractivity contribution is 5.76. The summed E-state index contributed by atoms with van der Waals surface area (Å²) in [6, 6.07) is -0.132. The van der Waals surface area contributed by atoms with Crippen LogP contribution in [-0.2, 0) is 22.7 Å². The summed E-state index contributed by atoms with van der Waals surface area (Å²) in [4.78, 5) is 29.2. The molecule has 1 fully saturated rings. The van der Waals surface area contributed by atoms with Crippen LogP contribution < -0.4 is 5.32 Å². The summed E-state index contributed by atoms with van der Waals surface area (Å²) in [7, 11) is 1.79. The summed E-state index contributed by atoms with van der Waals surface area (Å²) in [5.74, 6) is -0.0376. The summed E-state index contributed by atoms with van der Waals surface area (Å²) < 4.78 is 8.07. The molecule has 0 aromatic carbocycles. The number of likely N-dealkylation sites (N-methyl/N-ethyl adjacent to an activating group) is 1. The summed E-state index contributed by atoms with van der Waals surface area (Å²) in [5.41, 5.74) is 0.857. The van der Waals surface area contributed by atoms with Crippen molar-refractivity contribution in [3.63, 3.8) is 0 Å². The van der Waals surface area contributed by atoms with Crippen molar-refractivity contribution < 1.29 is 19.4 Å². The molecule has 2 heterocycles. The van der Waals surface area contributed by atoms with Gasteiger partial charge in [0.2, 0.25) is 5.91 Å². The van der Waals surface area contributed by atoms with Gasteiger partial charge in [0.1, 0.15) is 0 Å². The van der Waals surface area contributed by atoms with Crippen molar-refractivity contribution in [3.05, 3.63) is 11.9 Å². The number of carbonyl (C=O) groups is 2. The molecule has 2 N–H and O–H groups in total. The smallest absolute Gasteiger partial charge is 0.317 e. The normalized spacial score (nSPS) is 24.4. The molecule has 1 aliphatic heterocycles. The van der Waals surface area contributed by atoms with Crippen LogP contribution in [0.1, 0.15) is 64.5 Å². The third-order valence-corrected chi connectivity index (χ3v) is 6.87. The summed E-state index contributed by atoms with van der Waals surface area (Å²) in [6.45, 7) is 5.56. The van der Waals surface area contributed by atoms with Gasteiger partial charge in [-0.3, -0.25) is 4.79 Å². The van der Waals surface area contributed by atoms with Gasteiger partial charge < -0.3 is 25.0 Å². The lowest BCUT2D eigenvalue weighted by molar-refractivity contribution is -0.136. The van der Waals surface area contributed by atoms with Crippen LogP contribution in [0.25, 0.3) is 0 Å². The number of rotatable bonds is 5. The minimum Gasteiger partial charge on any atom is -0.394 e. The first kappa shape index (κ1) is 25.4. The van der Waals surface area contributed by atoms with Crippen LogP contribution in [0.15, 0.2) is 6.20 Å². The molecule has 1 aromatic rings. The maximum Gasteiger partial charge on any atom is 0.317 e. The van der Waals surface area contributed by atoms with E-state index in [4.69, 9.17) is 4.74 Å². The minimum absolute atomic E-state index is 0.00721. The number of carbonyl (C=O) groups excluding carboxylic acids is 2. The molecule has 10 heteroatoms. The highest BCUT2D eigenvalue weighted by Crippen LogP contribution is 2.20. The number of hydrogen-bond donors (Lipinski definition) is 2. The monoisotopic (exact) mass is 464 g/mol. The number of amides is 3. The molecule has 3 amide bonds. The van der Waals surface area contributed by atoms with Gasteiger partial charge in [0.25, 0.3) is 0 Å². The predicted octanol–water partition coefficient (Wildman–Crippen LogP) is 1.78. The zero-order valence-corrected chi connectivity index (χ0v) is 20.3. The Morgan fingerprint density at radius 1 is 1.33 bits per heavy atom. The number of nitrogens with zero attached hydrogens (tertiary/aromatic N) is 5. The van der Waals surface area contributed by atoms with E-state index < -0.39 is 0 Å². The zero-order valence-electron chi connectivity index (χ0n) is 20.3. The Kier molecular flexibility index (Phi) is 9.49. The highest BCUT2D eigenvalue weighted by atomic mass is 16.5. The second kappa shape index (κ2) is 12.3. The van der Waals surface area contributed by atoms with Crippen molar-refractivity contribution in [2.45, 2.75) is 90.1 Å². The van der Waals surface area contributed by atoms with E-state index in [1.54, 1.807) is 27.7 Å². The third kappa shape index (κ3) is 7.14. The number of aliphatic hydroxyl groups is 1. The quantitative estimate of drug-likeness (QED) is 0.687. The Balaban J connectivity index is 1.72. The Labute approximate surface area is 196 Å². The van der Waals surface area contributed by atoms with E-state index in [1.165, 1.54) is 6.42 Å². The average Bonchev–Trinajstić information content (AvgIpc) is 3.26.